The van der Waals surface area contributed by atoms with Crippen molar-refractivity contribution in [2.75, 3.05) is 6.61 Å². The maximum absolute atomic E-state index is 9.21. The zero-order chi connectivity index (χ0) is 8.65. The van der Waals surface area contributed by atoms with Crippen molar-refractivity contribution in [1.29, 1.82) is 0 Å². The van der Waals surface area contributed by atoms with E-state index in [2.05, 4.69) is 9.24 Å². The lowest BCUT2D eigenvalue weighted by Crippen LogP contribution is -2.46. The first-order valence-electron chi connectivity index (χ1n) is 3.14. The zero-order valence-corrected chi connectivity index (χ0v) is 6.87. The van der Waals surface area contributed by atoms with Crippen molar-refractivity contribution in [2.24, 2.45) is 0 Å². The van der Waals surface area contributed by atoms with Crippen LogP contribution in [0.2, 0.25) is 0 Å². The molecule has 0 aliphatic carbocycles. The van der Waals surface area contributed by atoms with Crippen LogP contribution in [0.15, 0.2) is 0 Å². The van der Waals surface area contributed by atoms with Crippen molar-refractivity contribution >= 4 is 9.24 Å². The fourth-order valence-electron chi connectivity index (χ4n) is 0.952. The Labute approximate surface area is 65.8 Å². The molecule has 1 heterocycles. The van der Waals surface area contributed by atoms with E-state index in [4.69, 9.17) is 20.1 Å². The van der Waals surface area contributed by atoms with E-state index < -0.39 is 30.4 Å². The monoisotopic (exact) mass is 182 g/mol. The van der Waals surface area contributed by atoms with E-state index in [-0.39, 0.29) is 0 Å². The van der Waals surface area contributed by atoms with E-state index in [1.807, 2.05) is 0 Å². The Morgan fingerprint density at radius 2 is 2.00 bits per heavy atom. The van der Waals surface area contributed by atoms with Gasteiger partial charge in [0.05, 0.1) is 6.61 Å². The lowest BCUT2D eigenvalue weighted by molar-refractivity contribution is -0.237. The molecule has 0 saturated carbocycles. The number of aliphatic hydroxyl groups is 4. The average molecular weight is 182 g/mol. The van der Waals surface area contributed by atoms with E-state index in [0.29, 0.717) is 0 Å². The van der Waals surface area contributed by atoms with Crippen molar-refractivity contribution in [2.45, 2.75) is 23.8 Å². The van der Waals surface area contributed by atoms with Gasteiger partial charge in [0.15, 0.2) is 0 Å². The molecule has 66 valence electrons. The Morgan fingerprint density at radius 3 is 2.18 bits per heavy atom. The zero-order valence-electron chi connectivity index (χ0n) is 5.71. The summed E-state index contributed by atoms with van der Waals surface area (Å²) >= 11 is 0. The summed E-state index contributed by atoms with van der Waals surface area (Å²) in [4.78, 5) is 0. The molecule has 5 nitrogen and oxygen atoms in total. The number of hydrogen-bond donors (Lipinski definition) is 4. The van der Waals surface area contributed by atoms with E-state index in [0.717, 1.165) is 0 Å². The summed E-state index contributed by atoms with van der Waals surface area (Å²) in [5.74, 6) is -2.77. The molecule has 0 amide bonds. The van der Waals surface area contributed by atoms with Crippen LogP contribution in [0, 0.1) is 0 Å². The molecule has 11 heavy (non-hydrogen) atoms. The first-order valence-corrected chi connectivity index (χ1v) is 3.80. The first-order chi connectivity index (χ1) is 5.01. The summed E-state index contributed by atoms with van der Waals surface area (Å²) in [5.41, 5.74) is 0. The third-order valence-corrected chi connectivity index (χ3v) is 2.22. The van der Waals surface area contributed by atoms with E-state index >= 15 is 0 Å². The summed E-state index contributed by atoms with van der Waals surface area (Å²) in [6.07, 6.45) is -2.65. The van der Waals surface area contributed by atoms with Gasteiger partial charge in [0.2, 0.25) is 5.79 Å². The Hall–Kier alpha value is 0.230. The van der Waals surface area contributed by atoms with Crippen LogP contribution in [-0.2, 0) is 4.74 Å². The van der Waals surface area contributed by atoms with E-state index in [1.54, 1.807) is 0 Å². The number of aliphatic hydroxyl groups excluding tert-OH is 3. The SMILES string of the molecule is OCC1(O)OC(P)[C@H](O)[C@H]1O. The molecule has 0 spiro atoms. The van der Waals surface area contributed by atoms with Gasteiger partial charge >= 0.3 is 0 Å². The highest BCUT2D eigenvalue weighted by molar-refractivity contribution is 7.17. The van der Waals surface area contributed by atoms with E-state index in [1.165, 1.54) is 0 Å². The van der Waals surface area contributed by atoms with E-state index in [9.17, 15) is 5.11 Å². The van der Waals surface area contributed by atoms with Crippen LogP contribution in [0.5, 0.6) is 0 Å². The third kappa shape index (κ3) is 1.40. The molecule has 0 radical (unpaired) electrons. The second-order valence-electron chi connectivity index (χ2n) is 2.52. The molecule has 0 aromatic rings. The highest BCUT2D eigenvalue weighted by Gasteiger charge is 2.51. The molecule has 1 aliphatic heterocycles. The van der Waals surface area contributed by atoms with Crippen molar-refractivity contribution in [3.63, 3.8) is 0 Å². The summed E-state index contributed by atoms with van der Waals surface area (Å²) in [7, 11) is 2.10. The van der Waals surface area contributed by atoms with Gasteiger partial charge in [-0.1, -0.05) is 0 Å². The second kappa shape index (κ2) is 2.94. The van der Waals surface area contributed by atoms with Gasteiger partial charge in [-0.2, -0.15) is 0 Å². The fourth-order valence-corrected chi connectivity index (χ4v) is 1.40. The van der Waals surface area contributed by atoms with Crippen LogP contribution in [-0.4, -0.2) is 50.9 Å². The summed E-state index contributed by atoms with van der Waals surface area (Å²) < 4.78 is 4.69. The van der Waals surface area contributed by atoms with Gasteiger partial charge in [0.1, 0.15) is 18.1 Å². The quantitative estimate of drug-likeness (QED) is 0.340. The normalized spacial score (nSPS) is 51.5. The number of rotatable bonds is 1. The minimum absolute atomic E-state index is 0.740. The smallest absolute Gasteiger partial charge is 0.219 e. The van der Waals surface area contributed by atoms with Crippen LogP contribution in [0.3, 0.4) is 0 Å². The molecule has 1 rings (SSSR count). The first kappa shape index (κ1) is 9.32. The molecular formula is C5H11O5P. The van der Waals surface area contributed by atoms with Crippen molar-refractivity contribution in [1.82, 2.24) is 0 Å². The third-order valence-electron chi connectivity index (χ3n) is 1.69. The Balaban J connectivity index is 2.73. The van der Waals surface area contributed by atoms with Crippen molar-refractivity contribution in [3.8, 4) is 0 Å². The average Bonchev–Trinajstić information content (AvgIpc) is 2.17. The van der Waals surface area contributed by atoms with Crippen LogP contribution in [0.25, 0.3) is 0 Å². The highest BCUT2D eigenvalue weighted by Crippen LogP contribution is 2.31. The lowest BCUT2D eigenvalue weighted by atomic mass is 10.1. The van der Waals surface area contributed by atoms with Crippen molar-refractivity contribution in [3.05, 3.63) is 0 Å². The topological polar surface area (TPSA) is 90.2 Å². The predicted molar refractivity (Wildman–Crippen MR) is 38.6 cm³/mol. The Bertz CT molecular complexity index is 154. The van der Waals surface area contributed by atoms with Crippen LogP contribution in [0.1, 0.15) is 0 Å². The highest BCUT2D eigenvalue weighted by atomic mass is 31.0. The molecule has 5 atom stereocenters. The van der Waals surface area contributed by atoms with Gasteiger partial charge in [-0.15, -0.1) is 9.24 Å². The largest absolute Gasteiger partial charge is 0.391 e. The number of ether oxygens (including phenoxy) is 1. The van der Waals surface area contributed by atoms with Crippen LogP contribution in [0.4, 0.5) is 0 Å². The summed E-state index contributed by atoms with van der Waals surface area (Å²) in [6, 6.07) is 0. The second-order valence-corrected chi connectivity index (χ2v) is 3.18. The molecule has 0 bridgehead atoms. The minimum atomic E-state index is -2.02. The number of hydrogen-bond acceptors (Lipinski definition) is 5. The van der Waals surface area contributed by atoms with Gasteiger partial charge in [-0.05, 0) is 0 Å². The van der Waals surface area contributed by atoms with Crippen LogP contribution >= 0.6 is 9.24 Å². The van der Waals surface area contributed by atoms with Gasteiger partial charge in [-0.25, -0.2) is 0 Å². The summed E-state index contributed by atoms with van der Waals surface area (Å²) in [6.45, 7) is -0.740. The predicted octanol–water partition coefficient (Wildman–Crippen LogP) is -2.38. The molecule has 1 aliphatic rings. The molecule has 4 N–H and O–H groups in total. The van der Waals surface area contributed by atoms with Crippen molar-refractivity contribution < 1.29 is 25.2 Å². The van der Waals surface area contributed by atoms with Gasteiger partial charge in [-0.3, -0.25) is 0 Å². The standard InChI is InChI=1S/C5H11O5P/c6-1-5(9)3(8)2(7)4(11)10-5/h2-4,6-9H,1,11H2/t2-,3-,4?,5?/m1/s1. The lowest BCUT2D eigenvalue weighted by Gasteiger charge is -2.22. The molecule has 1 fully saturated rings. The maximum atomic E-state index is 9.21. The minimum Gasteiger partial charge on any atom is -0.391 e. The fraction of sp³-hybridized carbons (Fsp3) is 1.00. The molecule has 3 unspecified atom stereocenters. The van der Waals surface area contributed by atoms with Crippen LogP contribution < -0.4 is 0 Å². The molecule has 1 saturated heterocycles. The molecule has 0 aromatic carbocycles. The Morgan fingerprint density at radius 1 is 1.45 bits per heavy atom. The summed E-state index contributed by atoms with van der Waals surface area (Å²) in [5, 5.41) is 35.9. The molecule has 6 heteroatoms. The van der Waals surface area contributed by atoms with Gasteiger partial charge in [0, 0.05) is 0 Å². The van der Waals surface area contributed by atoms with Gasteiger partial charge in [0.25, 0.3) is 0 Å². The molecular weight excluding hydrogens is 171 g/mol. The Kier molecular flexibility index (Phi) is 2.49. The molecule has 0 aromatic heterocycles. The van der Waals surface area contributed by atoms with Gasteiger partial charge < -0.3 is 25.2 Å². The maximum Gasteiger partial charge on any atom is 0.219 e.